The van der Waals surface area contributed by atoms with Gasteiger partial charge in [0.15, 0.2) is 0 Å². The normalized spacial score (nSPS) is 15.2. The molecule has 0 amide bonds. The predicted molar refractivity (Wildman–Crippen MR) is 100 cm³/mol. The van der Waals surface area contributed by atoms with E-state index in [0.29, 0.717) is 0 Å². The van der Waals surface area contributed by atoms with E-state index in [0.717, 1.165) is 18.9 Å². The smallest absolute Gasteiger partial charge is 0.0896 e. The van der Waals surface area contributed by atoms with Gasteiger partial charge < -0.3 is 9.80 Å². The summed E-state index contributed by atoms with van der Waals surface area (Å²) in [5.41, 5.74) is 7.61. The molecule has 128 valence electrons. The van der Waals surface area contributed by atoms with E-state index in [2.05, 4.69) is 79.1 Å². The number of nitrogens with zero attached hydrogens (tertiary/aromatic N) is 3. The Morgan fingerprint density at radius 1 is 1.17 bits per heavy atom. The number of aryl methyl sites for hydroxylation is 2. The lowest BCUT2D eigenvalue weighted by Gasteiger charge is -2.31. The van der Waals surface area contributed by atoms with E-state index < -0.39 is 0 Å². The Morgan fingerprint density at radius 3 is 2.54 bits per heavy atom. The molecule has 0 radical (unpaired) electrons. The summed E-state index contributed by atoms with van der Waals surface area (Å²) in [6.45, 7) is 13.1. The third-order valence-electron chi connectivity index (χ3n) is 4.40. The fraction of sp³-hybridized carbons (Fsp3) is 0.450. The van der Waals surface area contributed by atoms with Crippen LogP contribution in [0.15, 0.2) is 30.6 Å². The molecule has 0 atom stereocenters. The van der Waals surface area contributed by atoms with Crippen molar-refractivity contribution in [3.8, 4) is 11.1 Å². The Kier molecular flexibility index (Phi) is 4.16. The van der Waals surface area contributed by atoms with Crippen LogP contribution >= 0.6 is 0 Å². The number of aromatic amines is 1. The van der Waals surface area contributed by atoms with Crippen LogP contribution in [0.3, 0.4) is 0 Å². The van der Waals surface area contributed by atoms with Gasteiger partial charge in [-0.05, 0) is 36.5 Å². The van der Waals surface area contributed by atoms with E-state index >= 15 is 0 Å². The number of hydrogen-bond donors (Lipinski definition) is 1. The van der Waals surface area contributed by atoms with Gasteiger partial charge >= 0.3 is 0 Å². The second-order valence-electron chi connectivity index (χ2n) is 8.09. The average molecular weight is 324 g/mol. The topological polar surface area (TPSA) is 35.2 Å². The highest BCUT2D eigenvalue weighted by Crippen LogP contribution is 2.33. The van der Waals surface area contributed by atoms with Crippen molar-refractivity contribution in [1.29, 1.82) is 0 Å². The first-order valence-corrected chi connectivity index (χ1v) is 8.53. The minimum absolute atomic E-state index is 0.261. The van der Waals surface area contributed by atoms with Gasteiger partial charge in [-0.2, -0.15) is 5.10 Å². The van der Waals surface area contributed by atoms with Crippen molar-refractivity contribution < 1.29 is 0 Å². The van der Waals surface area contributed by atoms with Crippen LogP contribution in [0.25, 0.3) is 16.8 Å². The maximum absolute atomic E-state index is 4.26. The Labute approximate surface area is 145 Å². The third-order valence-corrected chi connectivity index (χ3v) is 4.40. The number of hydrogen-bond acceptors (Lipinski definition) is 3. The molecule has 0 saturated carbocycles. The molecular formula is C20H28N4. The van der Waals surface area contributed by atoms with Crippen LogP contribution < -0.4 is 0 Å². The summed E-state index contributed by atoms with van der Waals surface area (Å²) in [4.78, 5) is 4.74. The lowest BCUT2D eigenvalue weighted by molar-refractivity contribution is 0.227. The van der Waals surface area contributed by atoms with Crippen molar-refractivity contribution in [3.63, 3.8) is 0 Å². The van der Waals surface area contributed by atoms with Crippen LogP contribution in [0.1, 0.15) is 37.6 Å². The SMILES string of the molecule is Cc1ccc(-c2c[nH]nc2C)cc1C1=CN(C)CN1CC(C)(C)C. The molecule has 0 aliphatic carbocycles. The summed E-state index contributed by atoms with van der Waals surface area (Å²) in [6, 6.07) is 6.70. The second kappa shape index (κ2) is 6.00. The first-order chi connectivity index (χ1) is 11.2. The molecule has 1 aliphatic heterocycles. The van der Waals surface area contributed by atoms with Crippen LogP contribution in [0, 0.1) is 19.3 Å². The molecule has 1 aromatic heterocycles. The molecule has 24 heavy (non-hydrogen) atoms. The monoisotopic (exact) mass is 324 g/mol. The molecule has 0 bridgehead atoms. The van der Waals surface area contributed by atoms with Crippen LogP contribution in [0.4, 0.5) is 0 Å². The Balaban J connectivity index is 2.01. The molecule has 1 N–H and O–H groups in total. The van der Waals surface area contributed by atoms with E-state index in [1.165, 1.54) is 28.0 Å². The summed E-state index contributed by atoms with van der Waals surface area (Å²) in [5, 5.41) is 7.22. The van der Waals surface area contributed by atoms with Gasteiger partial charge in [0, 0.05) is 37.1 Å². The quantitative estimate of drug-likeness (QED) is 0.917. The molecule has 0 unspecified atom stereocenters. The molecule has 4 nitrogen and oxygen atoms in total. The number of aromatic nitrogens is 2. The number of nitrogens with one attached hydrogen (secondary N) is 1. The molecule has 0 fully saturated rings. The summed E-state index contributed by atoms with van der Waals surface area (Å²) in [7, 11) is 2.14. The van der Waals surface area contributed by atoms with Gasteiger partial charge in [0.2, 0.25) is 0 Å². The van der Waals surface area contributed by atoms with Gasteiger partial charge in [-0.15, -0.1) is 0 Å². The minimum atomic E-state index is 0.261. The molecule has 0 spiro atoms. The lowest BCUT2D eigenvalue weighted by Crippen LogP contribution is -2.32. The zero-order chi connectivity index (χ0) is 17.5. The number of rotatable bonds is 3. The summed E-state index contributed by atoms with van der Waals surface area (Å²) in [6.07, 6.45) is 4.24. The molecular weight excluding hydrogens is 296 g/mol. The summed E-state index contributed by atoms with van der Waals surface area (Å²) in [5.74, 6) is 0. The first kappa shape index (κ1) is 16.6. The largest absolute Gasteiger partial charge is 0.361 e. The zero-order valence-corrected chi connectivity index (χ0v) is 15.6. The van der Waals surface area contributed by atoms with Crippen LogP contribution in [0.2, 0.25) is 0 Å². The van der Waals surface area contributed by atoms with Crippen LogP contribution in [-0.2, 0) is 0 Å². The molecule has 1 aromatic carbocycles. The van der Waals surface area contributed by atoms with Gasteiger partial charge in [-0.3, -0.25) is 5.10 Å². The fourth-order valence-corrected chi connectivity index (χ4v) is 3.34. The lowest BCUT2D eigenvalue weighted by atomic mass is 9.94. The molecule has 0 saturated heterocycles. The summed E-state index contributed by atoms with van der Waals surface area (Å²) >= 11 is 0. The minimum Gasteiger partial charge on any atom is -0.361 e. The Bertz CT molecular complexity index is 764. The van der Waals surface area contributed by atoms with Crippen molar-refractivity contribution in [2.24, 2.45) is 5.41 Å². The predicted octanol–water partition coefficient (Wildman–Crippen LogP) is 4.24. The molecule has 1 aliphatic rings. The number of H-pyrrole nitrogens is 1. The van der Waals surface area contributed by atoms with E-state index in [1.54, 1.807) is 0 Å². The second-order valence-corrected chi connectivity index (χ2v) is 8.09. The standard InChI is InChI=1S/C20H28N4/c1-14-7-8-16(18-10-21-22-15(18)2)9-17(14)19-11-23(6)13-24(19)12-20(3,4)5/h7-11H,12-13H2,1-6H3,(H,21,22). The first-order valence-electron chi connectivity index (χ1n) is 8.53. The molecule has 2 aromatic rings. The van der Waals surface area contributed by atoms with Crippen molar-refractivity contribution in [3.05, 3.63) is 47.4 Å². The van der Waals surface area contributed by atoms with Gasteiger partial charge in [0.1, 0.15) is 0 Å². The van der Waals surface area contributed by atoms with E-state index in [-0.39, 0.29) is 5.41 Å². The summed E-state index contributed by atoms with van der Waals surface area (Å²) < 4.78 is 0. The van der Waals surface area contributed by atoms with Crippen molar-refractivity contribution in [2.75, 3.05) is 20.3 Å². The van der Waals surface area contributed by atoms with Gasteiger partial charge in [-0.1, -0.05) is 32.9 Å². The maximum atomic E-state index is 4.26. The fourth-order valence-electron chi connectivity index (χ4n) is 3.34. The molecule has 4 heteroatoms. The molecule has 3 rings (SSSR count). The highest BCUT2D eigenvalue weighted by molar-refractivity contribution is 5.75. The van der Waals surface area contributed by atoms with Crippen LogP contribution in [0.5, 0.6) is 0 Å². The van der Waals surface area contributed by atoms with Crippen molar-refractivity contribution in [2.45, 2.75) is 34.6 Å². The van der Waals surface area contributed by atoms with Gasteiger partial charge in [-0.25, -0.2) is 0 Å². The number of benzene rings is 1. The average Bonchev–Trinajstić information content (AvgIpc) is 3.04. The third kappa shape index (κ3) is 3.32. The zero-order valence-electron chi connectivity index (χ0n) is 15.6. The van der Waals surface area contributed by atoms with Crippen LogP contribution in [-0.4, -0.2) is 40.3 Å². The van der Waals surface area contributed by atoms with Gasteiger partial charge in [0.25, 0.3) is 0 Å². The molecule has 2 heterocycles. The maximum Gasteiger partial charge on any atom is 0.0896 e. The van der Waals surface area contributed by atoms with E-state index in [9.17, 15) is 0 Å². The Hall–Kier alpha value is -2.23. The Morgan fingerprint density at radius 2 is 1.92 bits per heavy atom. The van der Waals surface area contributed by atoms with E-state index in [1.807, 2.05) is 13.1 Å². The van der Waals surface area contributed by atoms with Crippen molar-refractivity contribution >= 4 is 5.70 Å². The van der Waals surface area contributed by atoms with Crippen molar-refractivity contribution in [1.82, 2.24) is 20.0 Å². The van der Waals surface area contributed by atoms with E-state index in [4.69, 9.17) is 0 Å². The highest BCUT2D eigenvalue weighted by atomic mass is 15.3. The highest BCUT2D eigenvalue weighted by Gasteiger charge is 2.25. The van der Waals surface area contributed by atoms with Gasteiger partial charge in [0.05, 0.1) is 18.1 Å².